The van der Waals surface area contributed by atoms with Crippen molar-refractivity contribution in [2.75, 3.05) is 0 Å². The highest BCUT2D eigenvalue weighted by Crippen LogP contribution is 2.33. The van der Waals surface area contributed by atoms with Crippen molar-refractivity contribution in [2.24, 2.45) is 5.10 Å². The summed E-state index contributed by atoms with van der Waals surface area (Å²) in [5.41, 5.74) is 1.09. The number of imide groups is 1. The minimum absolute atomic E-state index is 0.245. The van der Waals surface area contributed by atoms with E-state index in [1.54, 1.807) is 0 Å². The van der Waals surface area contributed by atoms with E-state index in [1.165, 1.54) is 6.21 Å². The van der Waals surface area contributed by atoms with Crippen molar-refractivity contribution in [2.45, 2.75) is 44.2 Å². The molecular formula is C22H23N3O3. The summed E-state index contributed by atoms with van der Waals surface area (Å²) in [4.78, 5) is 25.0. The van der Waals surface area contributed by atoms with Crippen LogP contribution in [0.3, 0.4) is 0 Å². The monoisotopic (exact) mass is 377 g/mol. The highest BCUT2D eigenvalue weighted by molar-refractivity contribution is 6.07. The van der Waals surface area contributed by atoms with E-state index in [-0.39, 0.29) is 5.91 Å². The van der Waals surface area contributed by atoms with Gasteiger partial charge in [0, 0.05) is 0 Å². The molecule has 0 radical (unpaired) electrons. The van der Waals surface area contributed by atoms with E-state index in [9.17, 15) is 9.59 Å². The molecule has 2 aromatic carbocycles. The maximum absolute atomic E-state index is 12.7. The van der Waals surface area contributed by atoms with Crippen LogP contribution in [0.1, 0.15) is 43.2 Å². The molecule has 2 aromatic rings. The molecular weight excluding hydrogens is 354 g/mol. The fraction of sp³-hybridized carbons (Fsp3) is 0.318. The number of benzene rings is 2. The van der Waals surface area contributed by atoms with Crippen molar-refractivity contribution in [1.82, 2.24) is 10.3 Å². The van der Waals surface area contributed by atoms with Crippen molar-refractivity contribution in [1.29, 1.82) is 0 Å². The number of carbonyl (C=O) groups is 2. The number of carbonyl (C=O) groups excluding carboxylic acids is 2. The SMILES string of the molecule is O=C1NC2(CCCCC2)C(=O)N1/N=C\c1cccc(OCc2ccccc2)c1. The van der Waals surface area contributed by atoms with Gasteiger partial charge in [0.2, 0.25) is 0 Å². The minimum Gasteiger partial charge on any atom is -0.489 e. The van der Waals surface area contributed by atoms with Crippen LogP contribution in [0.5, 0.6) is 5.75 Å². The van der Waals surface area contributed by atoms with Gasteiger partial charge in [-0.15, -0.1) is 5.01 Å². The average molecular weight is 377 g/mol. The summed E-state index contributed by atoms with van der Waals surface area (Å²) >= 11 is 0. The number of hydrazone groups is 1. The van der Waals surface area contributed by atoms with Gasteiger partial charge in [-0.05, 0) is 36.1 Å². The van der Waals surface area contributed by atoms with E-state index in [2.05, 4.69) is 10.4 Å². The zero-order chi connectivity index (χ0) is 19.4. The van der Waals surface area contributed by atoms with Crippen molar-refractivity contribution in [3.8, 4) is 5.75 Å². The number of urea groups is 1. The quantitative estimate of drug-likeness (QED) is 0.635. The van der Waals surface area contributed by atoms with Crippen LogP contribution in [0.4, 0.5) is 4.79 Å². The summed E-state index contributed by atoms with van der Waals surface area (Å²) in [5, 5.41) is 7.97. The largest absolute Gasteiger partial charge is 0.489 e. The van der Waals surface area contributed by atoms with Gasteiger partial charge in [-0.2, -0.15) is 5.10 Å². The van der Waals surface area contributed by atoms with Gasteiger partial charge in [0.05, 0.1) is 6.21 Å². The molecule has 2 fully saturated rings. The maximum Gasteiger partial charge on any atom is 0.346 e. The van der Waals surface area contributed by atoms with Crippen molar-refractivity contribution < 1.29 is 14.3 Å². The molecule has 1 saturated carbocycles. The number of rotatable bonds is 5. The molecule has 1 aliphatic carbocycles. The van der Waals surface area contributed by atoms with Crippen LogP contribution in [0, 0.1) is 0 Å². The molecule has 0 unspecified atom stereocenters. The molecule has 0 aromatic heterocycles. The number of hydrogen-bond donors (Lipinski definition) is 1. The van der Waals surface area contributed by atoms with Gasteiger partial charge in [-0.1, -0.05) is 61.7 Å². The van der Waals surface area contributed by atoms with Crippen LogP contribution in [0.15, 0.2) is 59.7 Å². The van der Waals surface area contributed by atoms with E-state index >= 15 is 0 Å². The Kier molecular flexibility index (Phi) is 5.10. The van der Waals surface area contributed by atoms with Gasteiger partial charge in [0.15, 0.2) is 0 Å². The third kappa shape index (κ3) is 3.76. The molecule has 4 rings (SSSR count). The second kappa shape index (κ2) is 7.84. The first kappa shape index (κ1) is 18.2. The van der Waals surface area contributed by atoms with Gasteiger partial charge in [-0.25, -0.2) is 4.79 Å². The van der Waals surface area contributed by atoms with Crippen LogP contribution < -0.4 is 10.1 Å². The highest BCUT2D eigenvalue weighted by atomic mass is 16.5. The second-order valence-corrected chi connectivity index (χ2v) is 7.28. The lowest BCUT2D eigenvalue weighted by Gasteiger charge is -2.29. The Morgan fingerprint density at radius 2 is 1.82 bits per heavy atom. The first-order valence-electron chi connectivity index (χ1n) is 9.64. The molecule has 2 aliphatic rings. The number of amides is 3. The zero-order valence-corrected chi connectivity index (χ0v) is 15.6. The van der Waals surface area contributed by atoms with Gasteiger partial charge in [-0.3, -0.25) is 4.79 Å². The van der Waals surface area contributed by atoms with E-state index in [4.69, 9.17) is 4.74 Å². The Balaban J connectivity index is 1.43. The summed E-state index contributed by atoms with van der Waals surface area (Å²) in [6.07, 6.45) is 5.90. The van der Waals surface area contributed by atoms with Crippen molar-refractivity contribution in [3.63, 3.8) is 0 Å². The predicted molar refractivity (Wildman–Crippen MR) is 106 cm³/mol. The Morgan fingerprint density at radius 3 is 2.61 bits per heavy atom. The fourth-order valence-corrected chi connectivity index (χ4v) is 3.76. The van der Waals surface area contributed by atoms with Crippen molar-refractivity contribution >= 4 is 18.2 Å². The fourth-order valence-electron chi connectivity index (χ4n) is 3.76. The normalized spacial score (nSPS) is 18.6. The van der Waals surface area contributed by atoms with Gasteiger partial charge >= 0.3 is 6.03 Å². The topological polar surface area (TPSA) is 71.0 Å². The standard InChI is InChI=1S/C22H23N3O3/c26-20-22(12-5-2-6-13-22)24-21(27)25(20)23-15-18-10-7-11-19(14-18)28-16-17-8-3-1-4-9-17/h1,3-4,7-11,14-15H,2,5-6,12-13,16H2,(H,24,27)/b23-15-. The molecule has 0 atom stereocenters. The lowest BCUT2D eigenvalue weighted by atomic mass is 9.82. The van der Waals surface area contributed by atoms with Gasteiger partial charge in [0.1, 0.15) is 17.9 Å². The van der Waals surface area contributed by atoms with Crippen molar-refractivity contribution in [3.05, 3.63) is 65.7 Å². The molecule has 1 N–H and O–H groups in total. The van der Waals surface area contributed by atoms with Crippen LogP contribution >= 0.6 is 0 Å². The van der Waals surface area contributed by atoms with Gasteiger partial charge < -0.3 is 10.1 Å². The smallest absolute Gasteiger partial charge is 0.346 e. The maximum atomic E-state index is 12.7. The van der Waals surface area contributed by atoms with E-state index in [0.717, 1.165) is 35.4 Å². The molecule has 6 heteroatoms. The molecule has 1 aliphatic heterocycles. The van der Waals surface area contributed by atoms with Crippen LogP contribution in [0.2, 0.25) is 0 Å². The highest BCUT2D eigenvalue weighted by Gasteiger charge is 2.51. The van der Waals surface area contributed by atoms with E-state index in [0.29, 0.717) is 25.2 Å². The Bertz CT molecular complexity index is 889. The predicted octanol–water partition coefficient (Wildman–Crippen LogP) is 3.85. The van der Waals surface area contributed by atoms with Crippen LogP contribution in [-0.2, 0) is 11.4 Å². The lowest BCUT2D eigenvalue weighted by molar-refractivity contribution is -0.132. The molecule has 3 amide bonds. The van der Waals surface area contributed by atoms with Gasteiger partial charge in [0.25, 0.3) is 5.91 Å². The Labute approximate surface area is 164 Å². The summed E-state index contributed by atoms with van der Waals surface area (Å²) in [6.45, 7) is 0.469. The third-order valence-corrected chi connectivity index (χ3v) is 5.28. The number of nitrogens with zero attached hydrogens (tertiary/aromatic N) is 2. The number of hydrogen-bond acceptors (Lipinski definition) is 4. The summed E-state index contributed by atoms with van der Waals surface area (Å²) in [5.74, 6) is 0.457. The number of nitrogens with one attached hydrogen (secondary N) is 1. The molecule has 1 saturated heterocycles. The minimum atomic E-state index is -0.757. The molecule has 144 valence electrons. The molecule has 1 spiro atoms. The summed E-state index contributed by atoms with van der Waals surface area (Å²) in [7, 11) is 0. The van der Waals surface area contributed by atoms with E-state index in [1.807, 2.05) is 54.6 Å². The Hall–Kier alpha value is -3.15. The molecule has 1 heterocycles. The second-order valence-electron chi connectivity index (χ2n) is 7.28. The van der Waals surface area contributed by atoms with Crippen LogP contribution in [-0.4, -0.2) is 28.7 Å². The summed E-state index contributed by atoms with van der Waals surface area (Å²) in [6, 6.07) is 16.9. The van der Waals surface area contributed by atoms with Crippen LogP contribution in [0.25, 0.3) is 0 Å². The lowest BCUT2D eigenvalue weighted by Crippen LogP contribution is -2.48. The summed E-state index contributed by atoms with van der Waals surface area (Å²) < 4.78 is 5.82. The average Bonchev–Trinajstić information content (AvgIpc) is 2.95. The number of ether oxygens (including phenoxy) is 1. The zero-order valence-electron chi connectivity index (χ0n) is 15.6. The first-order valence-corrected chi connectivity index (χ1v) is 9.64. The Morgan fingerprint density at radius 1 is 1.04 bits per heavy atom. The first-order chi connectivity index (χ1) is 13.7. The molecule has 6 nitrogen and oxygen atoms in total. The third-order valence-electron chi connectivity index (χ3n) is 5.28. The molecule has 28 heavy (non-hydrogen) atoms. The van der Waals surface area contributed by atoms with E-state index < -0.39 is 11.6 Å². The molecule has 0 bridgehead atoms.